The van der Waals surface area contributed by atoms with Crippen LogP contribution in [0, 0.1) is 23.7 Å². The highest BCUT2D eigenvalue weighted by Crippen LogP contribution is 2.60. The van der Waals surface area contributed by atoms with Crippen LogP contribution in [0.5, 0.6) is 0 Å². The van der Waals surface area contributed by atoms with Gasteiger partial charge < -0.3 is 0 Å². The summed E-state index contributed by atoms with van der Waals surface area (Å²) < 4.78 is 0. The zero-order valence-corrected chi connectivity index (χ0v) is 10.2. The van der Waals surface area contributed by atoms with E-state index in [2.05, 4.69) is 25.6 Å². The van der Waals surface area contributed by atoms with E-state index in [0.717, 1.165) is 34.2 Å². The molecule has 0 nitrogen and oxygen atoms in total. The average molecular weight is 210 g/mol. The molecule has 2 saturated heterocycles. The molecule has 0 aromatic rings. The molecule has 6 unspecified atom stereocenters. The van der Waals surface area contributed by atoms with Gasteiger partial charge in [0.1, 0.15) is 0 Å². The van der Waals surface area contributed by atoms with Crippen molar-refractivity contribution in [2.24, 2.45) is 23.7 Å². The molecule has 1 heteroatoms. The summed E-state index contributed by atoms with van der Waals surface area (Å²) in [5.74, 6) is 4.42. The number of rotatable bonds is 2. The second-order valence-corrected chi connectivity index (χ2v) is 7.07. The Morgan fingerprint density at radius 3 is 1.71 bits per heavy atom. The summed E-state index contributed by atoms with van der Waals surface area (Å²) in [5.41, 5.74) is 0. The van der Waals surface area contributed by atoms with Crippen LogP contribution in [0.2, 0.25) is 0 Å². The monoisotopic (exact) mass is 210 g/mol. The third-order valence-corrected chi connectivity index (χ3v) is 6.92. The molecular weight excluding hydrogens is 188 g/mol. The second-order valence-electron chi connectivity index (χ2n) is 5.58. The molecule has 2 aliphatic heterocycles. The lowest BCUT2D eigenvalue weighted by atomic mass is 9.60. The Morgan fingerprint density at radius 1 is 0.857 bits per heavy atom. The maximum atomic E-state index is 2.41. The zero-order chi connectivity index (χ0) is 9.71. The molecule has 4 bridgehead atoms. The molecule has 4 fully saturated rings. The predicted molar refractivity (Wildman–Crippen MR) is 63.6 cm³/mol. The molecule has 6 atom stereocenters. The first kappa shape index (κ1) is 9.57. The molecular formula is C13H22S. The fourth-order valence-electron chi connectivity index (χ4n) is 4.56. The average Bonchev–Trinajstić information content (AvgIpc) is 2.17. The lowest BCUT2D eigenvalue weighted by Gasteiger charge is -2.57. The standard InChI is InChI=1S/C13H22S/c1-3-10-8-5-9-7-12(10)14-13(6-8)11(9)4-2/h8-13H,3-7H2,1-2H3. The van der Waals surface area contributed by atoms with Crippen molar-refractivity contribution in [3.05, 3.63) is 0 Å². The van der Waals surface area contributed by atoms with Crippen LogP contribution >= 0.6 is 11.8 Å². The molecule has 0 aromatic carbocycles. The highest BCUT2D eigenvalue weighted by molar-refractivity contribution is 8.00. The summed E-state index contributed by atoms with van der Waals surface area (Å²) in [4.78, 5) is 0. The maximum absolute atomic E-state index is 2.41. The number of hydrogen-bond acceptors (Lipinski definition) is 1. The van der Waals surface area contributed by atoms with Crippen molar-refractivity contribution < 1.29 is 0 Å². The highest BCUT2D eigenvalue weighted by Gasteiger charge is 2.51. The Kier molecular flexibility index (Phi) is 2.35. The van der Waals surface area contributed by atoms with Crippen LogP contribution in [0.4, 0.5) is 0 Å². The van der Waals surface area contributed by atoms with Crippen LogP contribution in [0.3, 0.4) is 0 Å². The van der Waals surface area contributed by atoms with Crippen molar-refractivity contribution in [3.63, 3.8) is 0 Å². The summed E-state index contributed by atoms with van der Waals surface area (Å²) >= 11 is 2.37. The van der Waals surface area contributed by atoms with Gasteiger partial charge in [0.2, 0.25) is 0 Å². The molecule has 0 spiro atoms. The van der Waals surface area contributed by atoms with Crippen molar-refractivity contribution in [1.29, 1.82) is 0 Å². The molecule has 0 aromatic heterocycles. The maximum Gasteiger partial charge on any atom is 0.00835 e. The first-order valence-corrected chi connectivity index (χ1v) is 7.43. The van der Waals surface area contributed by atoms with E-state index in [0.29, 0.717) is 0 Å². The molecule has 2 saturated carbocycles. The highest BCUT2D eigenvalue weighted by atomic mass is 32.2. The van der Waals surface area contributed by atoms with E-state index in [-0.39, 0.29) is 0 Å². The quantitative estimate of drug-likeness (QED) is 0.665. The van der Waals surface area contributed by atoms with Crippen molar-refractivity contribution in [2.45, 2.75) is 56.5 Å². The SMILES string of the molecule is CCC1C2CC3CC1SC(C2)C3CC. The van der Waals surface area contributed by atoms with E-state index in [1.165, 1.54) is 12.8 Å². The van der Waals surface area contributed by atoms with Crippen LogP contribution in [0.1, 0.15) is 46.0 Å². The van der Waals surface area contributed by atoms with E-state index in [4.69, 9.17) is 0 Å². The van der Waals surface area contributed by atoms with Gasteiger partial charge in [0.15, 0.2) is 0 Å². The van der Waals surface area contributed by atoms with E-state index < -0.39 is 0 Å². The van der Waals surface area contributed by atoms with Crippen molar-refractivity contribution in [2.75, 3.05) is 0 Å². The molecule has 0 N–H and O–H groups in total. The normalized spacial score (nSPS) is 55.3. The number of thioether (sulfide) groups is 1. The minimum atomic E-state index is 1.06. The van der Waals surface area contributed by atoms with Crippen LogP contribution in [0.15, 0.2) is 0 Å². The second kappa shape index (κ2) is 3.43. The Labute approximate surface area is 92.2 Å². The zero-order valence-electron chi connectivity index (χ0n) is 9.41. The molecule has 80 valence electrons. The molecule has 0 amide bonds. The van der Waals surface area contributed by atoms with Gasteiger partial charge in [0.05, 0.1) is 0 Å². The summed E-state index contributed by atoms with van der Waals surface area (Å²) in [6.45, 7) is 4.82. The van der Waals surface area contributed by atoms with E-state index >= 15 is 0 Å². The Morgan fingerprint density at radius 2 is 1.36 bits per heavy atom. The first-order valence-electron chi connectivity index (χ1n) is 6.48. The minimum absolute atomic E-state index is 1.06. The van der Waals surface area contributed by atoms with Gasteiger partial charge >= 0.3 is 0 Å². The Hall–Kier alpha value is 0.350. The fourth-order valence-corrected chi connectivity index (χ4v) is 6.96. The molecule has 4 rings (SSSR count). The van der Waals surface area contributed by atoms with Gasteiger partial charge in [-0.25, -0.2) is 0 Å². The van der Waals surface area contributed by atoms with E-state index in [9.17, 15) is 0 Å². The largest absolute Gasteiger partial charge is 0.155 e. The van der Waals surface area contributed by atoms with Crippen LogP contribution in [-0.2, 0) is 0 Å². The van der Waals surface area contributed by atoms with E-state index in [1.807, 2.05) is 0 Å². The minimum Gasteiger partial charge on any atom is -0.155 e. The predicted octanol–water partition coefficient (Wildman–Crippen LogP) is 3.95. The number of hydrogen-bond donors (Lipinski definition) is 0. The van der Waals surface area contributed by atoms with E-state index in [1.54, 1.807) is 19.3 Å². The first-order chi connectivity index (χ1) is 6.83. The van der Waals surface area contributed by atoms with Crippen LogP contribution in [0.25, 0.3) is 0 Å². The molecule has 2 aliphatic carbocycles. The smallest absolute Gasteiger partial charge is 0.00835 e. The summed E-state index contributed by atoms with van der Waals surface area (Å²) in [6, 6.07) is 0. The molecule has 2 heterocycles. The Balaban J connectivity index is 1.82. The summed E-state index contributed by atoms with van der Waals surface area (Å²) in [7, 11) is 0. The van der Waals surface area contributed by atoms with Gasteiger partial charge in [-0.3, -0.25) is 0 Å². The van der Waals surface area contributed by atoms with Crippen LogP contribution < -0.4 is 0 Å². The lowest BCUT2D eigenvalue weighted by Crippen LogP contribution is -2.51. The van der Waals surface area contributed by atoms with Gasteiger partial charge in [-0.05, 0) is 42.9 Å². The summed E-state index contributed by atoms with van der Waals surface area (Å²) in [6.07, 6.45) is 7.60. The fraction of sp³-hybridized carbons (Fsp3) is 1.00. The van der Waals surface area contributed by atoms with Gasteiger partial charge in [-0.1, -0.05) is 26.7 Å². The van der Waals surface area contributed by atoms with Crippen molar-refractivity contribution in [1.82, 2.24) is 0 Å². The molecule has 0 radical (unpaired) electrons. The summed E-state index contributed by atoms with van der Waals surface area (Å²) in [5, 5.41) is 2.12. The third kappa shape index (κ3) is 1.20. The molecule has 4 aliphatic rings. The molecule has 14 heavy (non-hydrogen) atoms. The van der Waals surface area contributed by atoms with Crippen molar-refractivity contribution in [3.8, 4) is 0 Å². The van der Waals surface area contributed by atoms with Crippen LogP contribution in [-0.4, -0.2) is 10.5 Å². The van der Waals surface area contributed by atoms with Gasteiger partial charge in [0, 0.05) is 10.5 Å². The van der Waals surface area contributed by atoms with Gasteiger partial charge in [0.25, 0.3) is 0 Å². The van der Waals surface area contributed by atoms with Gasteiger partial charge in [-0.15, -0.1) is 0 Å². The Bertz CT molecular complexity index is 173. The third-order valence-electron chi connectivity index (χ3n) is 5.13. The topological polar surface area (TPSA) is 0 Å². The lowest BCUT2D eigenvalue weighted by molar-refractivity contribution is 0.0643. The van der Waals surface area contributed by atoms with Gasteiger partial charge in [-0.2, -0.15) is 11.8 Å². The van der Waals surface area contributed by atoms with Crippen molar-refractivity contribution >= 4 is 11.8 Å².